The first-order chi connectivity index (χ1) is 13.3. The Morgan fingerprint density at radius 3 is 2.18 bits per heavy atom. The number of anilines is 1. The molecular formula is C21H28N2O4S. The molecule has 0 heterocycles. The van der Waals surface area contributed by atoms with Crippen molar-refractivity contribution in [2.75, 3.05) is 18.4 Å². The van der Waals surface area contributed by atoms with E-state index in [0.717, 1.165) is 12.0 Å². The van der Waals surface area contributed by atoms with Crippen LogP contribution in [0.4, 0.5) is 5.69 Å². The van der Waals surface area contributed by atoms with Gasteiger partial charge in [0.1, 0.15) is 5.75 Å². The number of sulfonamides is 1. The predicted octanol–water partition coefficient (Wildman–Crippen LogP) is 3.56. The Kier molecular flexibility index (Phi) is 7.60. The molecule has 0 unspecified atom stereocenters. The number of amides is 1. The molecule has 0 radical (unpaired) electrons. The van der Waals surface area contributed by atoms with E-state index < -0.39 is 10.0 Å². The second-order valence-corrected chi connectivity index (χ2v) is 8.42. The lowest BCUT2D eigenvalue weighted by Gasteiger charge is -2.19. The van der Waals surface area contributed by atoms with Crippen LogP contribution in [0, 0.1) is 0 Å². The fourth-order valence-electron chi connectivity index (χ4n) is 2.90. The lowest BCUT2D eigenvalue weighted by molar-refractivity contribution is -0.116. The van der Waals surface area contributed by atoms with Crippen LogP contribution in [0.25, 0.3) is 0 Å². The summed E-state index contributed by atoms with van der Waals surface area (Å²) in [7, 11) is -3.67. The molecule has 0 aromatic heterocycles. The zero-order valence-electron chi connectivity index (χ0n) is 16.6. The standard InChI is InChI=1S/C21H28N2O4S/c1-4-16-7-9-17(10-8-16)11-14-21(25)22-19-15-18(12-13-20(19)24)28(26,27)23(5-2)6-3/h7-10,12-13,15,24H,4-6,11,14H2,1-3H3,(H,22,25). The third kappa shape index (κ3) is 5.33. The lowest BCUT2D eigenvalue weighted by Crippen LogP contribution is -2.30. The normalized spacial score (nSPS) is 11.6. The molecule has 0 aliphatic carbocycles. The largest absolute Gasteiger partial charge is 0.506 e. The van der Waals surface area contributed by atoms with Crippen LogP contribution >= 0.6 is 0 Å². The maximum absolute atomic E-state index is 12.6. The topological polar surface area (TPSA) is 86.7 Å². The minimum absolute atomic E-state index is 0.0412. The van der Waals surface area contributed by atoms with Crippen LogP contribution < -0.4 is 5.32 Å². The summed E-state index contributed by atoms with van der Waals surface area (Å²) in [5.74, 6) is -0.452. The molecule has 7 heteroatoms. The highest BCUT2D eigenvalue weighted by Gasteiger charge is 2.23. The maximum Gasteiger partial charge on any atom is 0.243 e. The third-order valence-electron chi connectivity index (χ3n) is 4.66. The van der Waals surface area contributed by atoms with Crippen LogP contribution in [0.1, 0.15) is 38.3 Å². The quantitative estimate of drug-likeness (QED) is 0.626. The van der Waals surface area contributed by atoms with E-state index in [9.17, 15) is 18.3 Å². The lowest BCUT2D eigenvalue weighted by atomic mass is 10.1. The molecule has 2 rings (SSSR count). The highest BCUT2D eigenvalue weighted by molar-refractivity contribution is 7.89. The van der Waals surface area contributed by atoms with Gasteiger partial charge in [0, 0.05) is 19.5 Å². The molecule has 0 bridgehead atoms. The zero-order valence-corrected chi connectivity index (χ0v) is 17.4. The first-order valence-corrected chi connectivity index (χ1v) is 11.0. The SMILES string of the molecule is CCc1ccc(CCC(=O)Nc2cc(S(=O)(=O)N(CC)CC)ccc2O)cc1. The number of phenols is 1. The van der Waals surface area contributed by atoms with Crippen LogP contribution in [-0.2, 0) is 27.7 Å². The fraction of sp³-hybridized carbons (Fsp3) is 0.381. The number of nitrogens with one attached hydrogen (secondary N) is 1. The van der Waals surface area contributed by atoms with Gasteiger partial charge >= 0.3 is 0 Å². The van der Waals surface area contributed by atoms with E-state index in [1.165, 1.54) is 28.1 Å². The molecule has 152 valence electrons. The molecule has 1 amide bonds. The van der Waals surface area contributed by atoms with Crippen LogP contribution in [0.15, 0.2) is 47.4 Å². The average molecular weight is 405 g/mol. The van der Waals surface area contributed by atoms with Gasteiger partial charge in [0.05, 0.1) is 10.6 Å². The number of hydrogen-bond donors (Lipinski definition) is 2. The molecule has 0 aliphatic heterocycles. The van der Waals surface area contributed by atoms with Gasteiger partial charge < -0.3 is 10.4 Å². The van der Waals surface area contributed by atoms with Crippen molar-refractivity contribution in [3.63, 3.8) is 0 Å². The Labute approximate surface area is 167 Å². The summed E-state index contributed by atoms with van der Waals surface area (Å²) in [6, 6.07) is 12.0. The monoisotopic (exact) mass is 404 g/mol. The maximum atomic E-state index is 12.6. The van der Waals surface area contributed by atoms with Gasteiger partial charge in [-0.2, -0.15) is 4.31 Å². The number of hydrogen-bond acceptors (Lipinski definition) is 4. The summed E-state index contributed by atoms with van der Waals surface area (Å²) in [6.45, 7) is 6.30. The molecule has 2 N–H and O–H groups in total. The smallest absolute Gasteiger partial charge is 0.243 e. The van der Waals surface area contributed by atoms with Gasteiger partial charge in [-0.25, -0.2) is 8.42 Å². The first-order valence-electron chi connectivity index (χ1n) is 9.52. The summed E-state index contributed by atoms with van der Waals surface area (Å²) in [6.07, 6.45) is 1.76. The van der Waals surface area contributed by atoms with E-state index in [-0.39, 0.29) is 28.7 Å². The first kappa shape index (κ1) is 21.9. The molecule has 6 nitrogen and oxygen atoms in total. The summed E-state index contributed by atoms with van der Waals surface area (Å²) in [5.41, 5.74) is 2.39. The van der Waals surface area contributed by atoms with Crippen LogP contribution in [0.2, 0.25) is 0 Å². The number of rotatable bonds is 9. The minimum atomic E-state index is -3.67. The van der Waals surface area contributed by atoms with Gasteiger partial charge in [0.2, 0.25) is 15.9 Å². The molecule has 0 atom stereocenters. The molecule has 0 saturated heterocycles. The van der Waals surface area contributed by atoms with Gasteiger partial charge in [0.25, 0.3) is 0 Å². The number of aryl methyl sites for hydroxylation is 2. The van der Waals surface area contributed by atoms with Crippen molar-refractivity contribution in [1.29, 1.82) is 0 Å². The van der Waals surface area contributed by atoms with Crippen molar-refractivity contribution >= 4 is 21.6 Å². The number of carbonyl (C=O) groups is 1. The van der Waals surface area contributed by atoms with Crippen LogP contribution in [0.5, 0.6) is 5.75 Å². The Morgan fingerprint density at radius 1 is 1.00 bits per heavy atom. The zero-order chi connectivity index (χ0) is 20.7. The highest BCUT2D eigenvalue weighted by atomic mass is 32.2. The van der Waals surface area contributed by atoms with Crippen molar-refractivity contribution in [3.05, 3.63) is 53.6 Å². The van der Waals surface area contributed by atoms with E-state index in [0.29, 0.717) is 19.5 Å². The Bertz CT molecular complexity index is 905. The molecule has 0 fully saturated rings. The van der Waals surface area contributed by atoms with Crippen molar-refractivity contribution in [2.24, 2.45) is 0 Å². The number of benzene rings is 2. The van der Waals surface area contributed by atoms with Crippen LogP contribution in [-0.4, -0.2) is 36.8 Å². The summed E-state index contributed by atoms with van der Waals surface area (Å²) in [5, 5.41) is 12.6. The number of nitrogens with zero attached hydrogens (tertiary/aromatic N) is 1. The van der Waals surface area contributed by atoms with Crippen molar-refractivity contribution in [2.45, 2.75) is 44.9 Å². The van der Waals surface area contributed by atoms with Gasteiger partial charge in [-0.15, -0.1) is 0 Å². The van der Waals surface area contributed by atoms with E-state index in [1.807, 2.05) is 24.3 Å². The second kappa shape index (κ2) is 9.71. The summed E-state index contributed by atoms with van der Waals surface area (Å²) >= 11 is 0. The molecule has 0 spiro atoms. The van der Waals surface area contributed by atoms with Crippen LogP contribution in [0.3, 0.4) is 0 Å². The molecule has 2 aromatic carbocycles. The molecule has 0 saturated carbocycles. The minimum Gasteiger partial charge on any atom is -0.506 e. The van der Waals surface area contributed by atoms with Crippen molar-refractivity contribution in [1.82, 2.24) is 4.31 Å². The van der Waals surface area contributed by atoms with E-state index in [2.05, 4.69) is 12.2 Å². The third-order valence-corrected chi connectivity index (χ3v) is 6.70. The van der Waals surface area contributed by atoms with E-state index >= 15 is 0 Å². The number of phenolic OH excluding ortho intramolecular Hbond substituents is 1. The number of aromatic hydroxyl groups is 1. The molecule has 0 aliphatic rings. The molecule has 28 heavy (non-hydrogen) atoms. The van der Waals surface area contributed by atoms with Gasteiger partial charge in [-0.3, -0.25) is 4.79 Å². The van der Waals surface area contributed by atoms with Gasteiger partial charge in [-0.1, -0.05) is 45.0 Å². The fourth-order valence-corrected chi connectivity index (χ4v) is 4.39. The Balaban J connectivity index is 2.09. The Hall–Kier alpha value is -2.38. The van der Waals surface area contributed by atoms with Gasteiger partial charge in [0.15, 0.2) is 0 Å². The molecule has 2 aromatic rings. The summed E-state index contributed by atoms with van der Waals surface area (Å²) in [4.78, 5) is 12.3. The highest BCUT2D eigenvalue weighted by Crippen LogP contribution is 2.28. The Morgan fingerprint density at radius 2 is 1.61 bits per heavy atom. The van der Waals surface area contributed by atoms with E-state index in [1.54, 1.807) is 13.8 Å². The number of carbonyl (C=O) groups excluding carboxylic acids is 1. The van der Waals surface area contributed by atoms with Gasteiger partial charge in [-0.05, 0) is 42.2 Å². The second-order valence-electron chi connectivity index (χ2n) is 6.49. The van der Waals surface area contributed by atoms with Crippen molar-refractivity contribution in [3.8, 4) is 5.75 Å². The van der Waals surface area contributed by atoms with Crippen molar-refractivity contribution < 1.29 is 18.3 Å². The average Bonchev–Trinajstić information content (AvgIpc) is 2.69. The molecular weight excluding hydrogens is 376 g/mol. The summed E-state index contributed by atoms with van der Waals surface area (Å²) < 4.78 is 26.6. The van der Waals surface area contributed by atoms with E-state index in [4.69, 9.17) is 0 Å². The predicted molar refractivity (Wildman–Crippen MR) is 111 cm³/mol.